The molecule has 0 fully saturated rings. The van der Waals surface area contributed by atoms with Gasteiger partial charge in [0.25, 0.3) is 0 Å². The Balaban J connectivity index is 2.72. The first-order valence-electron chi connectivity index (χ1n) is 3.38. The lowest BCUT2D eigenvalue weighted by molar-refractivity contribution is 0.532. The van der Waals surface area contributed by atoms with Crippen molar-refractivity contribution in [2.75, 3.05) is 12.4 Å². The first kappa shape index (κ1) is 9.45. The number of thioether (sulfide) groups is 1. The van der Waals surface area contributed by atoms with Gasteiger partial charge in [-0.05, 0) is 12.1 Å². The zero-order chi connectivity index (χ0) is 8.97. The maximum absolute atomic E-state index is 12.8. The van der Waals surface area contributed by atoms with Gasteiger partial charge in [-0.1, -0.05) is 0 Å². The highest BCUT2D eigenvalue weighted by Crippen LogP contribution is 2.21. The van der Waals surface area contributed by atoms with Crippen molar-refractivity contribution < 1.29 is 13.2 Å². The smallest absolute Gasteiger partial charge is 0.139 e. The van der Waals surface area contributed by atoms with Gasteiger partial charge in [-0.2, -0.15) is 0 Å². The van der Waals surface area contributed by atoms with Crippen molar-refractivity contribution in [3.8, 4) is 0 Å². The van der Waals surface area contributed by atoms with E-state index in [0.29, 0.717) is 0 Å². The van der Waals surface area contributed by atoms with Crippen molar-refractivity contribution in [2.24, 2.45) is 0 Å². The summed E-state index contributed by atoms with van der Waals surface area (Å²) in [5, 5.41) is 0. The summed E-state index contributed by atoms with van der Waals surface area (Å²) < 4.78 is 36.8. The molecule has 0 unspecified atom stereocenters. The minimum atomic E-state index is -0.631. The molecular formula is C8H7F3S. The zero-order valence-electron chi connectivity index (χ0n) is 6.19. The summed E-state index contributed by atoms with van der Waals surface area (Å²) in [6, 6.07) is 3.26. The van der Waals surface area contributed by atoms with Crippen LogP contribution in [0, 0.1) is 11.6 Å². The molecule has 0 radical (unpaired) electrons. The monoisotopic (exact) mass is 192 g/mol. The van der Waals surface area contributed by atoms with Gasteiger partial charge in [0.2, 0.25) is 0 Å². The molecule has 0 nitrogen and oxygen atoms in total. The third-order valence-electron chi connectivity index (χ3n) is 1.23. The normalized spacial score (nSPS) is 10.2. The van der Waals surface area contributed by atoms with E-state index in [1.807, 2.05) is 0 Å². The Labute approximate surface area is 72.8 Å². The van der Waals surface area contributed by atoms with E-state index in [9.17, 15) is 13.2 Å². The number of rotatable bonds is 3. The molecule has 4 heteroatoms. The summed E-state index contributed by atoms with van der Waals surface area (Å²) in [4.78, 5) is 0.286. The first-order chi connectivity index (χ1) is 5.74. The van der Waals surface area contributed by atoms with Crippen LogP contribution in [0.1, 0.15) is 0 Å². The Bertz CT molecular complexity index is 262. The summed E-state index contributed by atoms with van der Waals surface area (Å²) in [6.45, 7) is -0.512. The van der Waals surface area contributed by atoms with E-state index in [1.165, 1.54) is 6.07 Å². The van der Waals surface area contributed by atoms with Crippen molar-refractivity contribution >= 4 is 11.8 Å². The fourth-order valence-electron chi connectivity index (χ4n) is 0.741. The maximum Gasteiger partial charge on any atom is 0.139 e. The first-order valence-corrected chi connectivity index (χ1v) is 4.36. The van der Waals surface area contributed by atoms with E-state index in [2.05, 4.69) is 0 Å². The van der Waals surface area contributed by atoms with Gasteiger partial charge in [-0.15, -0.1) is 11.8 Å². The van der Waals surface area contributed by atoms with Gasteiger partial charge in [0.1, 0.15) is 11.6 Å². The topological polar surface area (TPSA) is 0 Å². The fraction of sp³-hybridized carbons (Fsp3) is 0.250. The van der Waals surface area contributed by atoms with Gasteiger partial charge >= 0.3 is 0 Å². The third-order valence-corrected chi connectivity index (χ3v) is 2.23. The Hall–Kier alpha value is -0.640. The standard InChI is InChI=1S/C8H7F3S/c9-3-4-12-8-2-1-6(10)5-7(8)11/h1-2,5H,3-4H2. The minimum Gasteiger partial charge on any atom is -0.250 e. The number of hydrogen-bond acceptors (Lipinski definition) is 1. The molecule has 0 saturated heterocycles. The largest absolute Gasteiger partial charge is 0.250 e. The lowest BCUT2D eigenvalue weighted by atomic mass is 10.3. The third kappa shape index (κ3) is 2.44. The van der Waals surface area contributed by atoms with Gasteiger partial charge in [0, 0.05) is 16.7 Å². The van der Waals surface area contributed by atoms with Crippen LogP contribution in [0.25, 0.3) is 0 Å². The summed E-state index contributed by atoms with van der Waals surface area (Å²) in [6.07, 6.45) is 0. The molecule has 1 aromatic rings. The van der Waals surface area contributed by atoms with Crippen LogP contribution in [0.2, 0.25) is 0 Å². The van der Waals surface area contributed by atoms with Crippen LogP contribution in [-0.2, 0) is 0 Å². The average Bonchev–Trinajstić information content (AvgIpc) is 2.03. The summed E-state index contributed by atoms with van der Waals surface area (Å²) in [5.41, 5.74) is 0. The van der Waals surface area contributed by atoms with Crippen LogP contribution in [0.3, 0.4) is 0 Å². The van der Waals surface area contributed by atoms with Gasteiger partial charge in [-0.3, -0.25) is 4.39 Å². The molecule has 0 N–H and O–H groups in total. The van der Waals surface area contributed by atoms with Gasteiger partial charge in [-0.25, -0.2) is 8.78 Å². The summed E-state index contributed by atoms with van der Waals surface area (Å²) in [5.74, 6) is -1.05. The number of benzene rings is 1. The SMILES string of the molecule is FCCSc1ccc(F)cc1F. The predicted octanol–water partition coefficient (Wildman–Crippen LogP) is 3.03. The molecule has 0 bridgehead atoms. The molecule has 0 aliphatic carbocycles. The Morgan fingerprint density at radius 3 is 2.58 bits per heavy atom. The molecule has 0 aliphatic rings. The average molecular weight is 192 g/mol. The van der Waals surface area contributed by atoms with Crippen molar-refractivity contribution in [3.63, 3.8) is 0 Å². The number of halogens is 3. The molecule has 0 saturated carbocycles. The van der Waals surface area contributed by atoms with E-state index in [1.54, 1.807) is 0 Å². The predicted molar refractivity (Wildman–Crippen MR) is 43.1 cm³/mol. The molecule has 1 rings (SSSR count). The molecule has 0 aliphatic heterocycles. The van der Waals surface area contributed by atoms with E-state index < -0.39 is 18.3 Å². The van der Waals surface area contributed by atoms with Crippen LogP contribution in [-0.4, -0.2) is 12.4 Å². The van der Waals surface area contributed by atoms with Gasteiger partial charge in [0.05, 0.1) is 6.67 Å². The Kier molecular flexibility index (Phi) is 3.47. The van der Waals surface area contributed by atoms with Crippen LogP contribution in [0.5, 0.6) is 0 Å². The van der Waals surface area contributed by atoms with Crippen LogP contribution < -0.4 is 0 Å². The summed E-state index contributed by atoms with van der Waals surface area (Å²) >= 11 is 1.04. The minimum absolute atomic E-state index is 0.197. The lowest BCUT2D eigenvalue weighted by Gasteiger charge is -1.99. The van der Waals surface area contributed by atoms with E-state index in [4.69, 9.17) is 0 Å². The van der Waals surface area contributed by atoms with Crippen LogP contribution in [0.4, 0.5) is 13.2 Å². The van der Waals surface area contributed by atoms with Gasteiger partial charge in [0.15, 0.2) is 0 Å². The lowest BCUT2D eigenvalue weighted by Crippen LogP contribution is -1.86. The highest BCUT2D eigenvalue weighted by molar-refractivity contribution is 7.99. The maximum atomic E-state index is 12.8. The highest BCUT2D eigenvalue weighted by atomic mass is 32.2. The summed E-state index contributed by atoms with van der Waals surface area (Å²) in [7, 11) is 0. The van der Waals surface area contributed by atoms with E-state index >= 15 is 0 Å². The van der Waals surface area contributed by atoms with Crippen LogP contribution in [0.15, 0.2) is 23.1 Å². The molecule has 0 spiro atoms. The molecular weight excluding hydrogens is 185 g/mol. The quantitative estimate of drug-likeness (QED) is 0.663. The second kappa shape index (κ2) is 4.40. The molecule has 0 aromatic heterocycles. The number of hydrogen-bond donors (Lipinski definition) is 0. The Morgan fingerprint density at radius 2 is 2.00 bits per heavy atom. The van der Waals surface area contributed by atoms with Crippen molar-refractivity contribution in [1.82, 2.24) is 0 Å². The van der Waals surface area contributed by atoms with E-state index in [0.717, 1.165) is 23.9 Å². The van der Waals surface area contributed by atoms with Crippen molar-refractivity contribution in [3.05, 3.63) is 29.8 Å². The zero-order valence-corrected chi connectivity index (χ0v) is 7.00. The second-order valence-electron chi connectivity index (χ2n) is 2.11. The molecule has 12 heavy (non-hydrogen) atoms. The molecule has 0 amide bonds. The Morgan fingerprint density at radius 1 is 1.25 bits per heavy atom. The number of alkyl halides is 1. The van der Waals surface area contributed by atoms with Crippen molar-refractivity contribution in [2.45, 2.75) is 4.90 Å². The van der Waals surface area contributed by atoms with Gasteiger partial charge < -0.3 is 0 Å². The molecule has 0 atom stereocenters. The van der Waals surface area contributed by atoms with E-state index in [-0.39, 0.29) is 10.6 Å². The highest BCUT2D eigenvalue weighted by Gasteiger charge is 2.03. The molecule has 1 aromatic carbocycles. The molecule has 66 valence electrons. The van der Waals surface area contributed by atoms with Crippen molar-refractivity contribution in [1.29, 1.82) is 0 Å². The second-order valence-corrected chi connectivity index (χ2v) is 3.25. The molecule has 0 heterocycles. The van der Waals surface area contributed by atoms with Crippen LogP contribution >= 0.6 is 11.8 Å². The fourth-order valence-corrected chi connectivity index (χ4v) is 1.40.